The Morgan fingerprint density at radius 3 is 1.59 bits per heavy atom. The van der Waals surface area contributed by atoms with Gasteiger partial charge in [-0.1, -0.05) is 54.0 Å². The van der Waals surface area contributed by atoms with E-state index < -0.39 is 0 Å². The van der Waals surface area contributed by atoms with Crippen molar-refractivity contribution < 1.29 is 27.9 Å². The van der Waals surface area contributed by atoms with Gasteiger partial charge in [0.2, 0.25) is 11.8 Å². The van der Waals surface area contributed by atoms with Gasteiger partial charge in [0.05, 0.1) is 49.8 Å². The molecule has 19 heteroatoms. The van der Waals surface area contributed by atoms with Crippen molar-refractivity contribution >= 4 is 94.6 Å². The number of carbonyl (C=O) groups is 2. The molecule has 5 aromatic heterocycles. The Balaban J connectivity index is 0.000000185. The molecule has 4 aromatic carbocycles. The van der Waals surface area contributed by atoms with Gasteiger partial charge in [-0.05, 0) is 79.3 Å². The molecule has 0 atom stereocenters. The molecule has 0 aliphatic carbocycles. The molecule has 0 spiro atoms. The van der Waals surface area contributed by atoms with E-state index in [0.717, 1.165) is 32.2 Å². The average Bonchev–Trinajstić information content (AvgIpc) is 4.11. The van der Waals surface area contributed by atoms with Crippen LogP contribution >= 0.6 is 27.3 Å². The number of aromatic nitrogens is 5. The summed E-state index contributed by atoms with van der Waals surface area (Å²) in [7, 11) is 3.19. The lowest BCUT2D eigenvalue weighted by molar-refractivity contribution is -0.116. The summed E-state index contributed by atoms with van der Waals surface area (Å²) in [6.07, 6.45) is 1.82. The van der Waals surface area contributed by atoms with Crippen LogP contribution in [0.15, 0.2) is 120 Å². The third-order valence-corrected chi connectivity index (χ3v) is 12.2. The van der Waals surface area contributed by atoms with Crippen LogP contribution in [-0.2, 0) is 32.2 Å². The monoisotopic (exact) mass is 1000 g/mol. The number of likely N-dealkylation sites (N-methyl/N-ethyl adjacent to an activating group) is 2. The van der Waals surface area contributed by atoms with Crippen molar-refractivity contribution in [2.45, 2.75) is 26.9 Å². The number of rotatable bonds is 17. The zero-order valence-corrected chi connectivity index (χ0v) is 40.1. The lowest BCUT2D eigenvalue weighted by Gasteiger charge is -2.10. The topological polar surface area (TPSA) is 210 Å². The lowest BCUT2D eigenvalue weighted by Crippen LogP contribution is -2.27. The number of carbonyl (C=O) groups excluding carboxylic acids is 2. The van der Waals surface area contributed by atoms with Crippen molar-refractivity contribution in [2.24, 2.45) is 0 Å². The first-order valence-electron chi connectivity index (χ1n) is 21.8. The van der Waals surface area contributed by atoms with E-state index in [9.17, 15) is 19.2 Å². The van der Waals surface area contributed by atoms with Crippen LogP contribution in [0.25, 0.3) is 77.1 Å². The first-order valence-corrected chi connectivity index (χ1v) is 23.5. The number of hydrogen-bond donors (Lipinski definition) is 4. The van der Waals surface area contributed by atoms with Crippen LogP contribution in [0.3, 0.4) is 0 Å². The number of benzene rings is 4. The third-order valence-electron chi connectivity index (χ3n) is 10.8. The van der Waals surface area contributed by atoms with Gasteiger partial charge < -0.3 is 39.6 Å². The van der Waals surface area contributed by atoms with Crippen LogP contribution in [0.1, 0.15) is 13.8 Å². The zero-order chi connectivity index (χ0) is 47.7. The van der Waals surface area contributed by atoms with E-state index in [2.05, 4.69) is 52.1 Å². The molecule has 9 aromatic rings. The van der Waals surface area contributed by atoms with Crippen LogP contribution in [0.2, 0.25) is 0 Å². The number of nitrogens with zero attached hydrogens (tertiary/aromatic N) is 5. The summed E-state index contributed by atoms with van der Waals surface area (Å²) >= 11 is 5.04. The summed E-state index contributed by atoms with van der Waals surface area (Å²) in [5, 5.41) is 13.3. The molecule has 2 amide bonds. The number of nitrogens with one attached hydrogen (secondary N) is 4. The molecule has 0 radical (unpaired) electrons. The summed E-state index contributed by atoms with van der Waals surface area (Å²) in [5.41, 5.74) is 9.38. The number of ether oxygens (including phenoxy) is 2. The number of amides is 2. The Bertz CT molecular complexity index is 3350. The quantitative estimate of drug-likeness (QED) is 0.0685. The molecule has 4 N–H and O–H groups in total. The SMILES string of the molecule is CCNCC(=O)Nc1ccc(-c2nc(=O)n(CCOC)c3c2oc2ccc(-c4cncs4)cc23)cc1.CCNCC(=O)Nc1ccc(-c2nc(=O)n(CCOC)c3c2oc2ccc(Br)cc23)cc1. The summed E-state index contributed by atoms with van der Waals surface area (Å²) in [5.74, 6) is -0.247. The molecule has 0 aliphatic heterocycles. The highest BCUT2D eigenvalue weighted by Gasteiger charge is 2.22. The number of hydrogen-bond acceptors (Lipinski definition) is 14. The predicted octanol–water partition coefficient (Wildman–Crippen LogP) is 7.89. The Hall–Kier alpha value is -6.87. The van der Waals surface area contributed by atoms with Crippen molar-refractivity contribution in [3.63, 3.8) is 0 Å². The molecule has 9 rings (SSSR count). The molecule has 0 saturated carbocycles. The van der Waals surface area contributed by atoms with Crippen LogP contribution < -0.4 is 32.6 Å². The maximum Gasteiger partial charge on any atom is 0.348 e. The molecule has 5 heterocycles. The number of methoxy groups -OCH3 is 2. The lowest BCUT2D eigenvalue weighted by atomic mass is 10.1. The van der Waals surface area contributed by atoms with E-state index in [1.165, 1.54) is 0 Å². The summed E-state index contributed by atoms with van der Waals surface area (Å²) in [4.78, 5) is 64.0. The maximum atomic E-state index is 13.2. The van der Waals surface area contributed by atoms with Gasteiger partial charge in [-0.25, -0.2) is 9.59 Å². The number of furan rings is 2. The largest absolute Gasteiger partial charge is 0.452 e. The molecule has 0 fully saturated rings. The van der Waals surface area contributed by atoms with Crippen LogP contribution in [0, 0.1) is 0 Å². The normalized spacial score (nSPS) is 11.4. The van der Waals surface area contributed by atoms with E-state index in [-0.39, 0.29) is 36.3 Å². The van der Waals surface area contributed by atoms with Crippen molar-refractivity contribution in [1.82, 2.24) is 34.7 Å². The minimum absolute atomic E-state index is 0.122. The second-order valence-electron chi connectivity index (χ2n) is 15.4. The fourth-order valence-electron chi connectivity index (χ4n) is 7.60. The van der Waals surface area contributed by atoms with Gasteiger partial charge in [0.1, 0.15) is 33.6 Å². The van der Waals surface area contributed by atoms with E-state index >= 15 is 0 Å². The molecule has 0 saturated heterocycles. The summed E-state index contributed by atoms with van der Waals surface area (Å²) in [6, 6.07) is 26.0. The van der Waals surface area contributed by atoms with Crippen molar-refractivity contribution in [2.75, 3.05) is 64.2 Å². The molecular weight excluding hydrogens is 955 g/mol. The first kappa shape index (κ1) is 47.6. The first-order chi connectivity index (χ1) is 33.1. The summed E-state index contributed by atoms with van der Waals surface area (Å²) in [6.45, 7) is 7.23. The average molecular weight is 1000 g/mol. The summed E-state index contributed by atoms with van der Waals surface area (Å²) < 4.78 is 26.9. The van der Waals surface area contributed by atoms with Gasteiger partial charge in [-0.15, -0.1) is 11.3 Å². The molecule has 350 valence electrons. The molecule has 68 heavy (non-hydrogen) atoms. The van der Waals surface area contributed by atoms with Gasteiger partial charge in [-0.2, -0.15) is 9.97 Å². The Kier molecular flexibility index (Phi) is 15.3. The highest BCUT2D eigenvalue weighted by molar-refractivity contribution is 9.10. The maximum absolute atomic E-state index is 13.2. The fourth-order valence-corrected chi connectivity index (χ4v) is 8.58. The van der Waals surface area contributed by atoms with Gasteiger partial charge in [0.15, 0.2) is 11.2 Å². The second-order valence-corrected chi connectivity index (χ2v) is 17.2. The Morgan fingerprint density at radius 2 is 1.13 bits per heavy atom. The zero-order valence-electron chi connectivity index (χ0n) is 37.7. The van der Waals surface area contributed by atoms with Crippen LogP contribution in [0.4, 0.5) is 11.4 Å². The van der Waals surface area contributed by atoms with E-state index in [0.29, 0.717) is 100 Å². The smallest absolute Gasteiger partial charge is 0.348 e. The van der Waals surface area contributed by atoms with Crippen molar-refractivity contribution in [3.05, 3.63) is 122 Å². The number of thiazole rings is 1. The predicted molar refractivity (Wildman–Crippen MR) is 269 cm³/mol. The highest BCUT2D eigenvalue weighted by Crippen LogP contribution is 2.38. The molecule has 0 aliphatic rings. The fraction of sp³-hybridized carbons (Fsp3) is 0.245. The van der Waals surface area contributed by atoms with Crippen LogP contribution in [-0.4, -0.2) is 89.5 Å². The number of halogens is 1. The van der Waals surface area contributed by atoms with Gasteiger partial charge in [0.25, 0.3) is 0 Å². The molecular formula is C49H48BrN9O8S. The van der Waals surface area contributed by atoms with Crippen molar-refractivity contribution in [3.8, 4) is 33.0 Å². The van der Waals surface area contributed by atoms with Gasteiger partial charge >= 0.3 is 11.4 Å². The highest BCUT2D eigenvalue weighted by atomic mass is 79.9. The number of fused-ring (bicyclic) bond motifs is 6. The number of anilines is 2. The Labute approximate surface area is 401 Å². The minimum Gasteiger partial charge on any atom is -0.452 e. The minimum atomic E-state index is -0.386. The Morgan fingerprint density at radius 1 is 0.662 bits per heavy atom. The molecule has 0 bridgehead atoms. The van der Waals surface area contributed by atoms with E-state index in [4.69, 9.17) is 18.3 Å². The second kappa shape index (κ2) is 21.8. The molecule has 17 nitrogen and oxygen atoms in total. The van der Waals surface area contributed by atoms with Crippen molar-refractivity contribution in [1.29, 1.82) is 0 Å². The third kappa shape index (κ3) is 10.5. The van der Waals surface area contributed by atoms with E-state index in [1.54, 1.807) is 64.5 Å². The molecule has 0 unspecified atom stereocenters. The standard InChI is InChI=1S/C26H25N5O4S.C23H23BrN4O4/c1-3-27-14-22(32)29-18-7-4-16(5-8-18)23-25-24(31(10-11-34-2)26(33)30-23)19-12-17(6-9-20(19)35-25)21-13-28-15-36-21;1-3-25-13-19(29)26-16-7-4-14(5-8-16)20-22-21(28(10-11-31-2)23(30)27-20)17-12-15(24)6-9-18(17)32-22/h4-9,12-13,15,27H,3,10-11,14H2,1-2H3,(H,29,32);4-9,12,25H,3,10-11,13H2,1-2H3,(H,26,29). The van der Waals surface area contributed by atoms with E-state index in [1.807, 2.05) is 80.7 Å². The van der Waals surface area contributed by atoms with Gasteiger partial charge in [0, 0.05) is 58.2 Å². The van der Waals surface area contributed by atoms with Gasteiger partial charge in [-0.3, -0.25) is 23.7 Å². The van der Waals surface area contributed by atoms with Crippen LogP contribution in [0.5, 0.6) is 0 Å².